The molecule has 0 aliphatic heterocycles. The average Bonchev–Trinajstić information content (AvgIpc) is 1.98. The van der Waals surface area contributed by atoms with Crippen LogP contribution in [0, 0.1) is 11.3 Å². The molecule has 0 saturated carbocycles. The highest BCUT2D eigenvalue weighted by Crippen LogP contribution is 1.96. The Morgan fingerprint density at radius 3 is 2.70 bits per heavy atom. The van der Waals surface area contributed by atoms with Gasteiger partial charge in [0.05, 0.1) is 12.2 Å². The molecule has 2 atom stereocenters. The highest BCUT2D eigenvalue weighted by molar-refractivity contribution is 4.86. The van der Waals surface area contributed by atoms with Gasteiger partial charge in [-0.15, -0.1) is 0 Å². The number of aliphatic hydroxyl groups is 1. The summed E-state index contributed by atoms with van der Waals surface area (Å²) in [6.45, 7) is 1.70. The Labute approximate surface area is 60.0 Å². The quantitative estimate of drug-likeness (QED) is 0.442. The first-order valence-electron chi connectivity index (χ1n) is 2.90. The maximum absolute atomic E-state index is 8.81. The highest BCUT2D eigenvalue weighted by Gasteiger charge is 2.12. The molecule has 4 heteroatoms. The topological polar surface area (TPSA) is 62.5 Å². The Bertz CT molecular complexity index is 121. The van der Waals surface area contributed by atoms with E-state index in [1.54, 1.807) is 13.0 Å². The van der Waals surface area contributed by atoms with E-state index in [9.17, 15) is 0 Å². The van der Waals surface area contributed by atoms with Crippen LogP contribution < -0.4 is 0 Å². The van der Waals surface area contributed by atoms with Crippen molar-refractivity contribution in [3.05, 3.63) is 0 Å². The van der Waals surface area contributed by atoms with Crippen LogP contribution in [0.1, 0.15) is 6.92 Å². The van der Waals surface area contributed by atoms with Gasteiger partial charge in [0.15, 0.2) is 6.10 Å². The molecule has 0 radical (unpaired) electrons. The van der Waals surface area contributed by atoms with Crippen molar-refractivity contribution in [2.24, 2.45) is 0 Å². The van der Waals surface area contributed by atoms with Crippen molar-refractivity contribution in [3.63, 3.8) is 0 Å². The molecule has 0 aromatic heterocycles. The monoisotopic (exact) mass is 145 g/mol. The lowest BCUT2D eigenvalue weighted by Crippen LogP contribution is -2.24. The van der Waals surface area contributed by atoms with Gasteiger partial charge in [0, 0.05) is 7.11 Å². The molecule has 0 rings (SSSR count). The van der Waals surface area contributed by atoms with Crippen molar-refractivity contribution in [2.45, 2.75) is 19.1 Å². The smallest absolute Gasteiger partial charge is 0.166 e. The number of nitrogens with zero attached hydrogens (tertiary/aromatic N) is 1. The predicted octanol–water partition coefficient (Wildman–Crippen LogP) is -0.120. The molecule has 1 unspecified atom stereocenters. The van der Waals surface area contributed by atoms with E-state index < -0.39 is 12.2 Å². The van der Waals surface area contributed by atoms with E-state index >= 15 is 0 Å². The normalized spacial score (nSPS) is 15.8. The molecule has 0 aliphatic rings. The van der Waals surface area contributed by atoms with E-state index in [0.29, 0.717) is 0 Å². The van der Waals surface area contributed by atoms with Gasteiger partial charge < -0.3 is 14.6 Å². The number of methoxy groups -OCH3 is 1. The van der Waals surface area contributed by atoms with Gasteiger partial charge in [-0.05, 0) is 6.92 Å². The summed E-state index contributed by atoms with van der Waals surface area (Å²) in [6, 6.07) is 1.65. The molecular weight excluding hydrogens is 134 g/mol. The first-order chi connectivity index (χ1) is 4.72. The summed E-state index contributed by atoms with van der Waals surface area (Å²) in [4.78, 5) is 0. The van der Waals surface area contributed by atoms with E-state index in [-0.39, 0.29) is 6.79 Å². The molecule has 0 saturated heterocycles. The van der Waals surface area contributed by atoms with E-state index in [0.717, 1.165) is 0 Å². The largest absolute Gasteiger partial charge is 0.375 e. The Balaban J connectivity index is 3.43. The minimum atomic E-state index is -1.07. The molecule has 0 fully saturated rings. The van der Waals surface area contributed by atoms with Crippen molar-refractivity contribution < 1.29 is 14.6 Å². The second-order valence-electron chi connectivity index (χ2n) is 1.85. The molecular formula is C6H11NO3. The second kappa shape index (κ2) is 5.18. The molecule has 0 bridgehead atoms. The van der Waals surface area contributed by atoms with Crippen LogP contribution in [0.2, 0.25) is 0 Å². The molecule has 0 aliphatic carbocycles. The van der Waals surface area contributed by atoms with Crippen LogP contribution in [-0.2, 0) is 9.47 Å². The molecule has 0 heterocycles. The SMILES string of the molecule is COCOC(C)[C@@H](O)C#N. The Kier molecular flexibility index (Phi) is 4.85. The third-order valence-electron chi connectivity index (χ3n) is 1.03. The van der Waals surface area contributed by atoms with Crippen LogP contribution in [0.25, 0.3) is 0 Å². The summed E-state index contributed by atoms with van der Waals surface area (Å²) >= 11 is 0. The Hall–Kier alpha value is -0.630. The molecule has 1 N–H and O–H groups in total. The van der Waals surface area contributed by atoms with E-state index in [1.165, 1.54) is 7.11 Å². The Morgan fingerprint density at radius 2 is 2.30 bits per heavy atom. The lowest BCUT2D eigenvalue weighted by atomic mass is 10.2. The van der Waals surface area contributed by atoms with Gasteiger partial charge >= 0.3 is 0 Å². The fourth-order valence-corrected chi connectivity index (χ4v) is 0.371. The first kappa shape index (κ1) is 9.37. The molecule has 58 valence electrons. The zero-order valence-electron chi connectivity index (χ0n) is 6.07. The first-order valence-corrected chi connectivity index (χ1v) is 2.90. The van der Waals surface area contributed by atoms with Crippen LogP contribution in [-0.4, -0.2) is 31.2 Å². The molecule has 0 aromatic carbocycles. The number of hydrogen-bond donors (Lipinski definition) is 1. The van der Waals surface area contributed by atoms with Crippen molar-refractivity contribution in [1.29, 1.82) is 5.26 Å². The minimum absolute atomic E-state index is 0.0971. The number of hydrogen-bond acceptors (Lipinski definition) is 4. The number of ether oxygens (including phenoxy) is 2. The lowest BCUT2D eigenvalue weighted by Gasteiger charge is -2.12. The van der Waals surface area contributed by atoms with Crippen LogP contribution in [0.4, 0.5) is 0 Å². The number of nitriles is 1. The minimum Gasteiger partial charge on any atom is -0.375 e. The van der Waals surface area contributed by atoms with Gasteiger partial charge in [0.2, 0.25) is 0 Å². The second-order valence-corrected chi connectivity index (χ2v) is 1.85. The summed E-state index contributed by atoms with van der Waals surface area (Å²) in [6.07, 6.45) is -1.57. The average molecular weight is 145 g/mol. The van der Waals surface area contributed by atoms with Crippen LogP contribution in [0.5, 0.6) is 0 Å². The highest BCUT2D eigenvalue weighted by atomic mass is 16.7. The van der Waals surface area contributed by atoms with E-state index in [4.69, 9.17) is 15.1 Å². The van der Waals surface area contributed by atoms with E-state index in [1.807, 2.05) is 0 Å². The maximum Gasteiger partial charge on any atom is 0.166 e. The fraction of sp³-hybridized carbons (Fsp3) is 0.833. The summed E-state index contributed by atoms with van der Waals surface area (Å²) in [5.41, 5.74) is 0. The standard InChI is InChI=1S/C6H11NO3/c1-5(6(8)3-7)10-4-9-2/h5-6,8H,4H2,1-2H3/t5?,6-/m0/s1. The molecule has 0 amide bonds. The fourth-order valence-electron chi connectivity index (χ4n) is 0.371. The predicted molar refractivity (Wildman–Crippen MR) is 34.0 cm³/mol. The van der Waals surface area contributed by atoms with Crippen molar-refractivity contribution in [3.8, 4) is 6.07 Å². The van der Waals surface area contributed by atoms with Gasteiger partial charge in [-0.2, -0.15) is 5.26 Å². The molecule has 0 spiro atoms. The van der Waals surface area contributed by atoms with Gasteiger partial charge in [-0.1, -0.05) is 0 Å². The van der Waals surface area contributed by atoms with Gasteiger partial charge in [0.25, 0.3) is 0 Å². The third-order valence-corrected chi connectivity index (χ3v) is 1.03. The summed E-state index contributed by atoms with van der Waals surface area (Å²) in [7, 11) is 1.48. The summed E-state index contributed by atoms with van der Waals surface area (Å²) < 4.78 is 9.41. The summed E-state index contributed by atoms with van der Waals surface area (Å²) in [5, 5.41) is 17.0. The van der Waals surface area contributed by atoms with Gasteiger partial charge in [-0.3, -0.25) is 0 Å². The maximum atomic E-state index is 8.81. The molecule has 4 nitrogen and oxygen atoms in total. The molecule has 10 heavy (non-hydrogen) atoms. The van der Waals surface area contributed by atoms with Crippen LogP contribution >= 0.6 is 0 Å². The van der Waals surface area contributed by atoms with Crippen molar-refractivity contribution in [2.75, 3.05) is 13.9 Å². The number of rotatable bonds is 4. The van der Waals surface area contributed by atoms with Crippen molar-refractivity contribution >= 4 is 0 Å². The van der Waals surface area contributed by atoms with Gasteiger partial charge in [0.1, 0.15) is 6.79 Å². The van der Waals surface area contributed by atoms with Gasteiger partial charge in [-0.25, -0.2) is 0 Å². The zero-order valence-corrected chi connectivity index (χ0v) is 6.07. The van der Waals surface area contributed by atoms with Crippen LogP contribution in [0.3, 0.4) is 0 Å². The summed E-state index contributed by atoms with van der Waals surface area (Å²) in [5.74, 6) is 0. The Morgan fingerprint density at radius 1 is 1.70 bits per heavy atom. The lowest BCUT2D eigenvalue weighted by molar-refractivity contribution is -0.0929. The van der Waals surface area contributed by atoms with E-state index in [2.05, 4.69) is 4.74 Å². The third kappa shape index (κ3) is 3.41. The van der Waals surface area contributed by atoms with Crippen molar-refractivity contribution in [1.82, 2.24) is 0 Å². The van der Waals surface area contributed by atoms with Crippen LogP contribution in [0.15, 0.2) is 0 Å². The number of aliphatic hydroxyl groups excluding tert-OH is 1. The molecule has 0 aromatic rings. The zero-order chi connectivity index (χ0) is 7.98.